The van der Waals surface area contributed by atoms with E-state index in [0.29, 0.717) is 30.3 Å². The molecule has 1 aromatic carbocycles. The number of ether oxygens (including phenoxy) is 2. The Morgan fingerprint density at radius 1 is 1.42 bits per heavy atom. The summed E-state index contributed by atoms with van der Waals surface area (Å²) < 4.78 is 35.6. The molecule has 1 aromatic rings. The Morgan fingerprint density at radius 3 is 2.71 bits per heavy atom. The summed E-state index contributed by atoms with van der Waals surface area (Å²) in [6.07, 6.45) is 0.829. The van der Waals surface area contributed by atoms with Gasteiger partial charge in [0.1, 0.15) is 11.8 Å². The first-order valence-corrected chi connectivity index (χ1v) is 9.01. The molecule has 2 rings (SSSR count). The largest absolute Gasteiger partial charge is 0.494 e. The molecule has 2 atom stereocenters. The quantitative estimate of drug-likeness (QED) is 0.699. The number of nitrogens with one attached hydrogen (secondary N) is 3. The first-order valence-electron chi connectivity index (χ1n) is 7.12. The highest BCUT2D eigenvalue weighted by Crippen LogP contribution is 2.28. The van der Waals surface area contributed by atoms with Crippen molar-refractivity contribution < 1.29 is 22.7 Å². The normalized spacial score (nSPS) is 20.6. The van der Waals surface area contributed by atoms with Gasteiger partial charge in [-0.2, -0.15) is 0 Å². The van der Waals surface area contributed by atoms with Crippen molar-refractivity contribution in [3.8, 4) is 5.75 Å². The van der Waals surface area contributed by atoms with Crippen molar-refractivity contribution in [2.45, 2.75) is 19.1 Å². The molecule has 1 amide bonds. The maximum absolute atomic E-state index is 12.3. The Balaban J connectivity index is 0.00000288. The molecule has 0 bridgehead atoms. The Hall–Kier alpha value is -1.55. The Labute approximate surface area is 147 Å². The molecule has 0 aliphatic carbocycles. The minimum atomic E-state index is -3.41. The summed E-state index contributed by atoms with van der Waals surface area (Å²) in [5, 5.41) is 5.87. The molecule has 0 spiro atoms. The summed E-state index contributed by atoms with van der Waals surface area (Å²) in [6.45, 7) is 3.02. The monoisotopic (exact) mass is 379 g/mol. The lowest BCUT2D eigenvalue weighted by molar-refractivity contribution is -0.123. The third-order valence-electron chi connectivity index (χ3n) is 3.36. The smallest absolute Gasteiger partial charge is 0.244 e. The molecule has 0 radical (unpaired) electrons. The molecule has 1 fully saturated rings. The van der Waals surface area contributed by atoms with Gasteiger partial charge in [-0.25, -0.2) is 8.42 Å². The van der Waals surface area contributed by atoms with Crippen LogP contribution in [0, 0.1) is 0 Å². The maximum Gasteiger partial charge on any atom is 0.244 e. The van der Waals surface area contributed by atoms with Crippen LogP contribution < -0.4 is 20.1 Å². The van der Waals surface area contributed by atoms with Crippen molar-refractivity contribution in [1.82, 2.24) is 5.32 Å². The number of hydrogen-bond acceptors (Lipinski definition) is 6. The summed E-state index contributed by atoms with van der Waals surface area (Å²) in [6, 6.07) is 4.25. The molecular formula is C14H22ClN3O5S. The molecule has 1 heterocycles. The highest BCUT2D eigenvalue weighted by Gasteiger charge is 2.28. The Kier molecular flexibility index (Phi) is 7.27. The van der Waals surface area contributed by atoms with Crippen LogP contribution >= 0.6 is 12.4 Å². The van der Waals surface area contributed by atoms with Crippen molar-refractivity contribution in [2.24, 2.45) is 0 Å². The lowest BCUT2D eigenvalue weighted by Gasteiger charge is -2.29. The first kappa shape index (κ1) is 20.5. The molecule has 24 heavy (non-hydrogen) atoms. The van der Waals surface area contributed by atoms with E-state index in [4.69, 9.17) is 9.47 Å². The van der Waals surface area contributed by atoms with E-state index >= 15 is 0 Å². The van der Waals surface area contributed by atoms with Crippen LogP contribution in [0.5, 0.6) is 5.75 Å². The maximum atomic E-state index is 12.3. The number of carbonyl (C=O) groups is 1. The van der Waals surface area contributed by atoms with Gasteiger partial charge < -0.3 is 20.1 Å². The fraction of sp³-hybridized carbons (Fsp3) is 0.500. The van der Waals surface area contributed by atoms with Gasteiger partial charge in [-0.1, -0.05) is 0 Å². The lowest BCUT2D eigenvalue weighted by atomic mass is 10.1. The van der Waals surface area contributed by atoms with Gasteiger partial charge in [-0.15, -0.1) is 12.4 Å². The van der Waals surface area contributed by atoms with Crippen LogP contribution in [0.15, 0.2) is 18.2 Å². The van der Waals surface area contributed by atoms with Crippen LogP contribution in [-0.2, 0) is 19.6 Å². The van der Waals surface area contributed by atoms with E-state index in [-0.39, 0.29) is 24.4 Å². The number of sulfonamides is 1. The summed E-state index contributed by atoms with van der Waals surface area (Å²) in [5.41, 5.74) is 0.811. The molecule has 8 nitrogen and oxygen atoms in total. The highest BCUT2D eigenvalue weighted by molar-refractivity contribution is 7.92. The molecule has 0 unspecified atom stereocenters. The number of rotatable bonds is 5. The second-order valence-corrected chi connectivity index (χ2v) is 7.03. The fourth-order valence-electron chi connectivity index (χ4n) is 2.30. The standard InChI is InChI=1S/C14H21N3O5S.ClH/c1-9-13(15-6-7-22-9)14(18)16-10-4-5-11(12(8-10)21-2)17-23(3,19)20;/h4-5,8-9,13,15,17H,6-7H2,1-3H3,(H,16,18);1H/t9-,13+;/m1./s1. The van der Waals surface area contributed by atoms with Crippen LogP contribution in [0.1, 0.15) is 6.92 Å². The van der Waals surface area contributed by atoms with Gasteiger partial charge in [0.25, 0.3) is 0 Å². The number of amides is 1. The van der Waals surface area contributed by atoms with E-state index in [2.05, 4.69) is 15.4 Å². The van der Waals surface area contributed by atoms with Gasteiger partial charge in [0, 0.05) is 18.3 Å². The fourth-order valence-corrected chi connectivity index (χ4v) is 2.87. The van der Waals surface area contributed by atoms with Crippen LogP contribution in [0.4, 0.5) is 11.4 Å². The van der Waals surface area contributed by atoms with Crippen LogP contribution in [0.25, 0.3) is 0 Å². The van der Waals surface area contributed by atoms with E-state index in [1.807, 2.05) is 6.92 Å². The van der Waals surface area contributed by atoms with Crippen molar-refractivity contribution in [1.29, 1.82) is 0 Å². The van der Waals surface area contributed by atoms with Gasteiger partial charge in [0.15, 0.2) is 0 Å². The van der Waals surface area contributed by atoms with Gasteiger partial charge in [-0.3, -0.25) is 9.52 Å². The molecule has 3 N–H and O–H groups in total. The molecule has 136 valence electrons. The Bertz CT molecular complexity index is 683. The van der Waals surface area contributed by atoms with Crippen LogP contribution in [0.2, 0.25) is 0 Å². The number of halogens is 1. The van der Waals surface area contributed by atoms with Gasteiger partial charge in [0.2, 0.25) is 15.9 Å². The van der Waals surface area contributed by atoms with E-state index < -0.39 is 16.1 Å². The molecule has 10 heteroatoms. The zero-order chi connectivity index (χ0) is 17.0. The Morgan fingerprint density at radius 2 is 2.12 bits per heavy atom. The zero-order valence-corrected chi connectivity index (χ0v) is 15.3. The van der Waals surface area contributed by atoms with Crippen molar-refractivity contribution in [2.75, 3.05) is 36.6 Å². The summed E-state index contributed by atoms with van der Waals surface area (Å²) in [7, 11) is -1.99. The summed E-state index contributed by atoms with van der Waals surface area (Å²) in [4.78, 5) is 12.3. The minimum Gasteiger partial charge on any atom is -0.494 e. The van der Waals surface area contributed by atoms with Crippen LogP contribution in [0.3, 0.4) is 0 Å². The van der Waals surface area contributed by atoms with Gasteiger partial charge in [-0.05, 0) is 19.1 Å². The highest BCUT2D eigenvalue weighted by atomic mass is 35.5. The number of benzene rings is 1. The predicted molar refractivity (Wildman–Crippen MR) is 94.5 cm³/mol. The van der Waals surface area contributed by atoms with Crippen LogP contribution in [-0.4, -0.2) is 53.0 Å². The minimum absolute atomic E-state index is 0. The number of carbonyl (C=O) groups excluding carboxylic acids is 1. The third kappa shape index (κ3) is 5.52. The van der Waals surface area contributed by atoms with E-state index in [1.54, 1.807) is 12.1 Å². The van der Waals surface area contributed by atoms with Crippen molar-refractivity contribution in [3.05, 3.63) is 18.2 Å². The van der Waals surface area contributed by atoms with Crippen molar-refractivity contribution in [3.63, 3.8) is 0 Å². The SMILES string of the molecule is COc1cc(NC(=O)[C@H]2NCCO[C@@H]2C)ccc1NS(C)(=O)=O.Cl. The molecule has 0 aromatic heterocycles. The first-order chi connectivity index (χ1) is 10.8. The topological polar surface area (TPSA) is 106 Å². The third-order valence-corrected chi connectivity index (χ3v) is 3.95. The van der Waals surface area contributed by atoms with E-state index in [1.165, 1.54) is 13.2 Å². The second-order valence-electron chi connectivity index (χ2n) is 5.29. The average molecular weight is 380 g/mol. The number of morpholine rings is 1. The van der Waals surface area contributed by atoms with E-state index in [9.17, 15) is 13.2 Å². The van der Waals surface area contributed by atoms with E-state index in [0.717, 1.165) is 6.26 Å². The second kappa shape index (κ2) is 8.52. The van der Waals surface area contributed by atoms with Gasteiger partial charge >= 0.3 is 0 Å². The molecular weight excluding hydrogens is 358 g/mol. The molecule has 1 aliphatic heterocycles. The molecule has 1 aliphatic rings. The summed E-state index contributed by atoms with van der Waals surface area (Å²) in [5.74, 6) is 0.0946. The van der Waals surface area contributed by atoms with Gasteiger partial charge in [0.05, 0.1) is 31.8 Å². The molecule has 1 saturated heterocycles. The predicted octanol–water partition coefficient (Wildman–Crippen LogP) is 0.804. The number of anilines is 2. The lowest BCUT2D eigenvalue weighted by Crippen LogP contribution is -2.53. The number of hydrogen-bond donors (Lipinski definition) is 3. The zero-order valence-electron chi connectivity index (χ0n) is 13.7. The number of methoxy groups -OCH3 is 1. The van der Waals surface area contributed by atoms with Crippen molar-refractivity contribution >= 4 is 39.7 Å². The average Bonchev–Trinajstić information content (AvgIpc) is 2.47. The summed E-state index contributed by atoms with van der Waals surface area (Å²) >= 11 is 0. The molecule has 0 saturated carbocycles.